The van der Waals surface area contributed by atoms with Gasteiger partial charge in [-0.05, 0) is 32.2 Å². The molecule has 0 aromatic carbocycles. The Morgan fingerprint density at radius 2 is 2.00 bits per heavy atom. The van der Waals surface area contributed by atoms with E-state index in [0.29, 0.717) is 4.91 Å². The van der Waals surface area contributed by atoms with Gasteiger partial charge in [0.15, 0.2) is 0 Å². The maximum absolute atomic E-state index is 12.2. The van der Waals surface area contributed by atoms with Gasteiger partial charge >= 0.3 is 14.4 Å². The van der Waals surface area contributed by atoms with E-state index in [4.69, 9.17) is 18.1 Å². The molecule has 0 aromatic rings. The highest BCUT2D eigenvalue weighted by Gasteiger charge is 2.45. The van der Waals surface area contributed by atoms with Crippen LogP contribution in [0.3, 0.4) is 0 Å². The Hall–Kier alpha value is 0.390. The van der Waals surface area contributed by atoms with E-state index in [2.05, 4.69) is 0 Å². The van der Waals surface area contributed by atoms with Crippen molar-refractivity contribution < 1.29 is 27.2 Å². The van der Waals surface area contributed by atoms with Crippen molar-refractivity contribution in [3.05, 3.63) is 10.7 Å². The van der Waals surface area contributed by atoms with Gasteiger partial charge in [0.25, 0.3) is 0 Å². The average Bonchev–Trinajstić information content (AvgIpc) is 2.48. The van der Waals surface area contributed by atoms with Crippen LogP contribution in [0.25, 0.3) is 0 Å². The van der Waals surface area contributed by atoms with E-state index in [1.165, 1.54) is 20.0 Å². The van der Waals surface area contributed by atoms with E-state index in [-0.39, 0.29) is 6.61 Å². The fourth-order valence-corrected chi connectivity index (χ4v) is 6.90. The van der Waals surface area contributed by atoms with Gasteiger partial charge in [-0.25, -0.2) is 4.57 Å². The summed E-state index contributed by atoms with van der Waals surface area (Å²) in [6.07, 6.45) is 0. The molecule has 0 spiro atoms. The third-order valence-corrected chi connectivity index (χ3v) is 8.35. The molecule has 18 heavy (non-hydrogen) atoms. The minimum atomic E-state index is -3.29. The Kier molecular flexibility index (Phi) is 5.30. The first-order chi connectivity index (χ1) is 8.20. The molecule has 0 bridgehead atoms. The molecule has 1 atom stereocenters. The van der Waals surface area contributed by atoms with Crippen molar-refractivity contribution in [1.29, 1.82) is 0 Å². The number of rotatable bonds is 6. The van der Waals surface area contributed by atoms with Gasteiger partial charge < -0.3 is 13.6 Å². The first kappa shape index (κ1) is 16.4. The molecule has 0 saturated carbocycles. The van der Waals surface area contributed by atoms with E-state index in [1.54, 1.807) is 20.8 Å². The molecule has 0 N–H and O–H groups in total. The number of hydrogen-bond acceptors (Lipinski definition) is 7. The zero-order valence-electron chi connectivity index (χ0n) is 11.0. The minimum Gasteiger partial charge on any atom is -0.306 e. The summed E-state index contributed by atoms with van der Waals surface area (Å²) in [6.45, 7) is 2.15. The highest BCUT2D eigenvalue weighted by molar-refractivity contribution is 8.57. The molecule has 1 aliphatic heterocycles. The van der Waals surface area contributed by atoms with Crippen LogP contribution in [0.1, 0.15) is 20.8 Å². The zero-order valence-corrected chi connectivity index (χ0v) is 13.6. The molecule has 1 unspecified atom stereocenters. The topological polar surface area (TPSA) is 71.1 Å². The van der Waals surface area contributed by atoms with Crippen molar-refractivity contribution in [2.45, 2.75) is 26.4 Å². The van der Waals surface area contributed by atoms with E-state index < -0.39 is 20.0 Å². The van der Waals surface area contributed by atoms with E-state index in [1.807, 2.05) is 0 Å². The molecule has 0 amide bonds. The van der Waals surface area contributed by atoms with Crippen LogP contribution < -0.4 is 0 Å². The molecule has 106 valence electrons. The van der Waals surface area contributed by atoms with Crippen molar-refractivity contribution in [3.8, 4) is 0 Å². The second kappa shape index (κ2) is 5.80. The molecule has 1 rings (SSSR count). The fourth-order valence-electron chi connectivity index (χ4n) is 1.34. The predicted molar refractivity (Wildman–Crippen MR) is 71.7 cm³/mol. The van der Waals surface area contributed by atoms with E-state index in [0.717, 1.165) is 11.4 Å². The summed E-state index contributed by atoms with van der Waals surface area (Å²) < 4.78 is 44.5. The summed E-state index contributed by atoms with van der Waals surface area (Å²) in [5.74, 6) is 1.38. The summed E-state index contributed by atoms with van der Waals surface area (Å²) >= 11 is 0.885. The summed E-state index contributed by atoms with van der Waals surface area (Å²) in [4.78, 5) is 0.520. The monoisotopic (exact) mass is 316 g/mol. The van der Waals surface area contributed by atoms with Gasteiger partial charge in [-0.15, -0.1) is 0 Å². The van der Waals surface area contributed by atoms with Crippen LogP contribution in [0.4, 0.5) is 0 Å². The first-order valence-electron chi connectivity index (χ1n) is 5.30. The van der Waals surface area contributed by atoms with Crippen molar-refractivity contribution in [1.82, 2.24) is 0 Å². The van der Waals surface area contributed by atoms with Crippen molar-refractivity contribution >= 4 is 25.8 Å². The standard InChI is InChI=1S/C9H18O6P2S/c1-6-14-16(10)7-8(9(2,3)15-16)18-17(11,12-4)13-5/h7H,6H2,1-5H3. The SMILES string of the molecule is CCOP1(=O)C=C(SP(=O)(OC)OC)C(C)(C)O1. The van der Waals surface area contributed by atoms with Gasteiger partial charge in [-0.2, -0.15) is 0 Å². The normalized spacial score (nSPS) is 27.3. The van der Waals surface area contributed by atoms with Crippen molar-refractivity contribution in [2.75, 3.05) is 20.8 Å². The highest BCUT2D eigenvalue weighted by Crippen LogP contribution is 2.70. The van der Waals surface area contributed by atoms with Gasteiger partial charge in [0, 0.05) is 24.9 Å². The van der Waals surface area contributed by atoms with Gasteiger partial charge in [-0.3, -0.25) is 9.09 Å². The summed E-state index contributed by atoms with van der Waals surface area (Å²) in [6, 6.07) is 0. The first-order valence-corrected chi connectivity index (χ1v) is 9.87. The molecule has 0 aromatic heterocycles. The molecular formula is C9H18O6P2S. The highest BCUT2D eigenvalue weighted by atomic mass is 32.7. The van der Waals surface area contributed by atoms with Crippen LogP contribution in [0.5, 0.6) is 0 Å². The Bertz CT molecular complexity index is 425. The van der Waals surface area contributed by atoms with Crippen LogP contribution in [-0.2, 0) is 27.2 Å². The smallest absolute Gasteiger partial charge is 0.306 e. The van der Waals surface area contributed by atoms with Crippen LogP contribution in [0.15, 0.2) is 10.7 Å². The Morgan fingerprint density at radius 1 is 1.44 bits per heavy atom. The average molecular weight is 316 g/mol. The minimum absolute atomic E-state index is 0.272. The molecule has 1 aliphatic rings. The van der Waals surface area contributed by atoms with Crippen molar-refractivity contribution in [2.24, 2.45) is 0 Å². The van der Waals surface area contributed by atoms with Crippen LogP contribution in [0, 0.1) is 0 Å². The van der Waals surface area contributed by atoms with Gasteiger partial charge in [-0.1, -0.05) is 0 Å². The summed E-state index contributed by atoms with van der Waals surface area (Å²) in [5, 5.41) is 0. The van der Waals surface area contributed by atoms with Gasteiger partial charge in [0.2, 0.25) is 0 Å². The van der Waals surface area contributed by atoms with E-state index >= 15 is 0 Å². The van der Waals surface area contributed by atoms with Gasteiger partial charge in [0.05, 0.1) is 6.61 Å². The molecular weight excluding hydrogens is 298 g/mol. The second-order valence-electron chi connectivity index (χ2n) is 3.96. The Labute approximate surface area is 111 Å². The Balaban J connectivity index is 3.00. The zero-order chi connectivity index (χ0) is 14.0. The Morgan fingerprint density at radius 3 is 2.44 bits per heavy atom. The van der Waals surface area contributed by atoms with Crippen LogP contribution >= 0.6 is 25.8 Å². The second-order valence-corrected chi connectivity index (χ2v) is 9.87. The molecule has 1 heterocycles. The third-order valence-electron chi connectivity index (χ3n) is 2.19. The lowest BCUT2D eigenvalue weighted by Crippen LogP contribution is -2.19. The van der Waals surface area contributed by atoms with E-state index in [9.17, 15) is 9.13 Å². The summed E-state index contributed by atoms with van der Waals surface area (Å²) in [5.41, 5.74) is -0.845. The molecule has 0 fully saturated rings. The molecule has 0 saturated heterocycles. The third kappa shape index (κ3) is 3.70. The maximum atomic E-state index is 12.2. The lowest BCUT2D eigenvalue weighted by Gasteiger charge is -2.23. The molecule has 9 heteroatoms. The fraction of sp³-hybridized carbons (Fsp3) is 0.778. The summed E-state index contributed by atoms with van der Waals surface area (Å²) in [7, 11) is -0.681. The van der Waals surface area contributed by atoms with Crippen molar-refractivity contribution in [3.63, 3.8) is 0 Å². The molecule has 6 nitrogen and oxygen atoms in total. The predicted octanol–water partition coefficient (Wildman–Crippen LogP) is 4.00. The van der Waals surface area contributed by atoms with Crippen LogP contribution in [0.2, 0.25) is 0 Å². The lowest BCUT2D eigenvalue weighted by molar-refractivity contribution is 0.134. The maximum Gasteiger partial charge on any atom is 0.393 e. The van der Waals surface area contributed by atoms with Gasteiger partial charge in [0.1, 0.15) is 5.60 Å². The van der Waals surface area contributed by atoms with Crippen LogP contribution in [-0.4, -0.2) is 26.4 Å². The lowest BCUT2D eigenvalue weighted by atomic mass is 10.1. The molecule has 0 aliphatic carbocycles. The largest absolute Gasteiger partial charge is 0.393 e. The number of hydrogen-bond donors (Lipinski definition) is 0. The molecule has 0 radical (unpaired) electrons. The quantitative estimate of drug-likeness (QED) is 0.686.